The van der Waals surface area contributed by atoms with E-state index in [4.69, 9.17) is 4.42 Å². The summed E-state index contributed by atoms with van der Waals surface area (Å²) in [6, 6.07) is 6.57. The van der Waals surface area contributed by atoms with Crippen molar-refractivity contribution in [1.29, 1.82) is 0 Å². The van der Waals surface area contributed by atoms with Gasteiger partial charge in [-0.2, -0.15) is 5.10 Å². The lowest BCUT2D eigenvalue weighted by atomic mass is 10.1. The molecule has 2 atom stereocenters. The van der Waals surface area contributed by atoms with E-state index in [1.807, 2.05) is 24.2 Å². The van der Waals surface area contributed by atoms with Gasteiger partial charge >= 0.3 is 5.76 Å². The van der Waals surface area contributed by atoms with E-state index in [-0.39, 0.29) is 11.9 Å². The minimum absolute atomic E-state index is 0.0116. The molecule has 0 N–H and O–H groups in total. The van der Waals surface area contributed by atoms with Gasteiger partial charge in [0.05, 0.1) is 17.8 Å². The molecule has 0 spiro atoms. The van der Waals surface area contributed by atoms with Crippen LogP contribution in [0.15, 0.2) is 45.9 Å². The second-order valence-electron chi connectivity index (χ2n) is 6.52. The standard InChI is InChI=1S/C18H20N4O3/c1-12(22-15-6-3-4-8-16(15)25-18(22)24)17(23)21-9-5-7-14(21)13-10-19-20(2)11-13/h3-4,6,8,10-12,14H,5,7,9H2,1-2H3/t12-,14-/m0/s1. The average molecular weight is 340 g/mol. The summed E-state index contributed by atoms with van der Waals surface area (Å²) in [7, 11) is 1.87. The third kappa shape index (κ3) is 2.56. The van der Waals surface area contributed by atoms with Gasteiger partial charge in [0.15, 0.2) is 5.58 Å². The zero-order valence-electron chi connectivity index (χ0n) is 14.3. The molecule has 0 bridgehead atoms. The van der Waals surface area contributed by atoms with Crippen LogP contribution in [0.2, 0.25) is 0 Å². The number of fused-ring (bicyclic) bond motifs is 1. The van der Waals surface area contributed by atoms with Crippen LogP contribution < -0.4 is 5.76 Å². The molecule has 1 aromatic carbocycles. The van der Waals surface area contributed by atoms with Crippen molar-refractivity contribution in [3.63, 3.8) is 0 Å². The van der Waals surface area contributed by atoms with Crippen molar-refractivity contribution in [2.75, 3.05) is 6.54 Å². The first-order chi connectivity index (χ1) is 12.1. The summed E-state index contributed by atoms with van der Waals surface area (Å²) in [5.74, 6) is -0.570. The highest BCUT2D eigenvalue weighted by atomic mass is 16.4. The van der Waals surface area contributed by atoms with Gasteiger partial charge in [-0.05, 0) is 31.9 Å². The molecule has 3 heterocycles. The molecule has 7 nitrogen and oxygen atoms in total. The van der Waals surface area contributed by atoms with E-state index >= 15 is 0 Å². The normalized spacial score (nSPS) is 18.8. The lowest BCUT2D eigenvalue weighted by Crippen LogP contribution is -2.38. The molecule has 25 heavy (non-hydrogen) atoms. The second-order valence-corrected chi connectivity index (χ2v) is 6.52. The molecule has 4 rings (SSSR count). The number of para-hydroxylation sites is 2. The van der Waals surface area contributed by atoms with Gasteiger partial charge in [0, 0.05) is 25.4 Å². The molecule has 0 aliphatic carbocycles. The topological polar surface area (TPSA) is 73.3 Å². The molecular weight excluding hydrogens is 320 g/mol. The Hall–Kier alpha value is -2.83. The molecule has 2 aromatic heterocycles. The number of aromatic nitrogens is 3. The smallest absolute Gasteiger partial charge is 0.408 e. The first-order valence-electron chi connectivity index (χ1n) is 8.45. The lowest BCUT2D eigenvalue weighted by Gasteiger charge is -2.27. The van der Waals surface area contributed by atoms with E-state index in [1.54, 1.807) is 36.0 Å². The quantitative estimate of drug-likeness (QED) is 0.733. The Labute approximate surface area is 144 Å². The number of nitrogens with zero attached hydrogens (tertiary/aromatic N) is 4. The lowest BCUT2D eigenvalue weighted by molar-refractivity contribution is -0.135. The predicted molar refractivity (Wildman–Crippen MR) is 92.1 cm³/mol. The summed E-state index contributed by atoms with van der Waals surface area (Å²) in [6.45, 7) is 2.44. The first-order valence-corrected chi connectivity index (χ1v) is 8.45. The summed E-state index contributed by atoms with van der Waals surface area (Å²) in [5, 5.41) is 4.21. The van der Waals surface area contributed by atoms with Gasteiger partial charge in [0.25, 0.3) is 0 Å². The second kappa shape index (κ2) is 5.91. The maximum absolute atomic E-state index is 13.1. The van der Waals surface area contributed by atoms with E-state index in [1.165, 1.54) is 4.57 Å². The van der Waals surface area contributed by atoms with Crippen molar-refractivity contribution in [3.8, 4) is 0 Å². The van der Waals surface area contributed by atoms with E-state index in [9.17, 15) is 9.59 Å². The van der Waals surface area contributed by atoms with Crippen LogP contribution in [-0.2, 0) is 11.8 Å². The van der Waals surface area contributed by atoms with Crippen LogP contribution in [0.25, 0.3) is 11.1 Å². The van der Waals surface area contributed by atoms with Crippen LogP contribution in [0.1, 0.15) is 37.4 Å². The zero-order valence-corrected chi connectivity index (χ0v) is 14.3. The van der Waals surface area contributed by atoms with Crippen LogP contribution in [-0.4, -0.2) is 31.7 Å². The van der Waals surface area contributed by atoms with Gasteiger partial charge in [-0.1, -0.05) is 12.1 Å². The monoisotopic (exact) mass is 340 g/mol. The minimum Gasteiger partial charge on any atom is -0.408 e. The van der Waals surface area contributed by atoms with Crippen LogP contribution in [0.5, 0.6) is 0 Å². The molecule has 1 aliphatic heterocycles. The number of hydrogen-bond donors (Lipinski definition) is 0. The van der Waals surface area contributed by atoms with Gasteiger partial charge in [-0.25, -0.2) is 4.79 Å². The van der Waals surface area contributed by atoms with Crippen molar-refractivity contribution in [3.05, 3.63) is 52.8 Å². The van der Waals surface area contributed by atoms with Gasteiger partial charge in [0.1, 0.15) is 6.04 Å². The molecule has 0 radical (unpaired) electrons. The number of hydrogen-bond acceptors (Lipinski definition) is 4. The number of benzene rings is 1. The largest absolute Gasteiger partial charge is 0.420 e. The van der Waals surface area contributed by atoms with Crippen molar-refractivity contribution in [1.82, 2.24) is 19.2 Å². The average Bonchev–Trinajstić information content (AvgIpc) is 3.30. The summed E-state index contributed by atoms with van der Waals surface area (Å²) in [4.78, 5) is 27.3. The zero-order chi connectivity index (χ0) is 17.6. The van der Waals surface area contributed by atoms with Crippen molar-refractivity contribution in [2.24, 2.45) is 7.05 Å². The third-order valence-corrected chi connectivity index (χ3v) is 4.91. The Balaban J connectivity index is 1.67. The molecular formula is C18H20N4O3. The SMILES string of the molecule is C[C@@H](C(=O)N1CCC[C@H]1c1cnn(C)c1)n1c(=O)oc2ccccc21. The fraction of sp³-hybridized carbons (Fsp3) is 0.389. The molecule has 3 aromatic rings. The van der Waals surface area contributed by atoms with E-state index in [0.717, 1.165) is 18.4 Å². The number of rotatable bonds is 3. The molecule has 1 saturated heterocycles. The summed E-state index contributed by atoms with van der Waals surface area (Å²) >= 11 is 0. The molecule has 1 fully saturated rings. The Morgan fingerprint density at radius 2 is 2.16 bits per heavy atom. The third-order valence-electron chi connectivity index (χ3n) is 4.91. The molecule has 0 unspecified atom stereocenters. The number of aryl methyl sites for hydroxylation is 1. The number of likely N-dealkylation sites (tertiary alicyclic amines) is 1. The first kappa shape index (κ1) is 15.7. The van der Waals surface area contributed by atoms with Crippen LogP contribution in [0.3, 0.4) is 0 Å². The Morgan fingerprint density at radius 1 is 1.36 bits per heavy atom. The van der Waals surface area contributed by atoms with E-state index in [0.29, 0.717) is 17.6 Å². The van der Waals surface area contributed by atoms with Crippen molar-refractivity contribution >= 4 is 17.0 Å². The summed E-state index contributed by atoms with van der Waals surface area (Å²) < 4.78 is 8.46. The van der Waals surface area contributed by atoms with Crippen LogP contribution in [0, 0.1) is 0 Å². The Morgan fingerprint density at radius 3 is 2.92 bits per heavy atom. The highest BCUT2D eigenvalue weighted by molar-refractivity contribution is 5.83. The highest BCUT2D eigenvalue weighted by Gasteiger charge is 2.34. The molecule has 1 aliphatic rings. The fourth-order valence-corrected chi connectivity index (χ4v) is 3.69. The molecule has 7 heteroatoms. The number of amides is 1. The summed E-state index contributed by atoms with van der Waals surface area (Å²) in [5.41, 5.74) is 2.17. The Bertz CT molecular complexity index is 984. The minimum atomic E-state index is -0.617. The summed E-state index contributed by atoms with van der Waals surface area (Å²) in [6.07, 6.45) is 5.60. The van der Waals surface area contributed by atoms with Gasteiger partial charge in [-0.3, -0.25) is 14.0 Å². The molecule has 130 valence electrons. The van der Waals surface area contributed by atoms with Gasteiger partial charge in [0.2, 0.25) is 5.91 Å². The molecule has 1 amide bonds. The van der Waals surface area contributed by atoms with Gasteiger partial charge in [-0.15, -0.1) is 0 Å². The predicted octanol–water partition coefficient (Wildman–Crippen LogP) is 2.25. The van der Waals surface area contributed by atoms with Gasteiger partial charge < -0.3 is 9.32 Å². The fourth-order valence-electron chi connectivity index (χ4n) is 3.69. The van der Waals surface area contributed by atoms with Crippen molar-refractivity contribution in [2.45, 2.75) is 31.8 Å². The van der Waals surface area contributed by atoms with Crippen LogP contribution in [0.4, 0.5) is 0 Å². The number of oxazole rings is 1. The highest BCUT2D eigenvalue weighted by Crippen LogP contribution is 2.33. The van der Waals surface area contributed by atoms with Crippen LogP contribution >= 0.6 is 0 Å². The molecule has 0 saturated carbocycles. The maximum Gasteiger partial charge on any atom is 0.420 e. The Kier molecular flexibility index (Phi) is 3.71. The number of carbonyl (C=O) groups is 1. The van der Waals surface area contributed by atoms with E-state index in [2.05, 4.69) is 5.10 Å². The van der Waals surface area contributed by atoms with Crippen molar-refractivity contribution < 1.29 is 9.21 Å². The maximum atomic E-state index is 13.1. The number of carbonyl (C=O) groups excluding carboxylic acids is 1. The van der Waals surface area contributed by atoms with E-state index < -0.39 is 11.8 Å².